The second-order valence-corrected chi connectivity index (χ2v) is 7.59. The van der Waals surface area contributed by atoms with E-state index in [-0.39, 0.29) is 35.0 Å². The number of fused-ring (bicyclic) bond motifs is 1. The summed E-state index contributed by atoms with van der Waals surface area (Å²) in [5.41, 5.74) is 0.474. The Kier molecular flexibility index (Phi) is 5.84. The number of ketones is 1. The predicted octanol–water partition coefficient (Wildman–Crippen LogP) is -0.311. The molecule has 11 heteroatoms. The highest BCUT2D eigenvalue weighted by Crippen LogP contribution is 2.46. The van der Waals surface area contributed by atoms with Gasteiger partial charge in [0.15, 0.2) is 28.8 Å². The normalized spacial score (nSPS) is 29.8. The molecule has 32 heavy (non-hydrogen) atoms. The summed E-state index contributed by atoms with van der Waals surface area (Å²) in [4.78, 5) is 12.6. The van der Waals surface area contributed by atoms with Gasteiger partial charge in [0, 0.05) is 0 Å². The maximum Gasteiger partial charge on any atom is 0.229 e. The average molecular weight is 450 g/mol. The summed E-state index contributed by atoms with van der Waals surface area (Å²) in [7, 11) is 0. The Balaban J connectivity index is 1.61. The number of ether oxygens (including phenoxy) is 3. The molecule has 2 aliphatic rings. The third-order valence-corrected chi connectivity index (χ3v) is 5.49. The standard InChI is InChI=1S/C21H22O11/c22-7-15-16(26)18(28)19(29)21(32-15)31-13-4-2-9-11(24)6-14(30-20(9)17(13)27)8-1-3-10(23)12(25)5-8/h1-5,14-16,18-19,21-23,25-29H,6-7H2/t14?,15?,16-,18-,19?,21-/m1/s1. The van der Waals surface area contributed by atoms with Crippen LogP contribution in [0.3, 0.4) is 0 Å². The van der Waals surface area contributed by atoms with Crippen molar-refractivity contribution >= 4 is 5.78 Å². The fraction of sp³-hybridized carbons (Fsp3) is 0.381. The van der Waals surface area contributed by atoms with Crippen LogP contribution in [0.25, 0.3) is 0 Å². The highest BCUT2D eigenvalue weighted by molar-refractivity contribution is 6.01. The molecule has 2 aliphatic heterocycles. The van der Waals surface area contributed by atoms with Gasteiger partial charge in [0.2, 0.25) is 12.0 Å². The van der Waals surface area contributed by atoms with Gasteiger partial charge in [-0.3, -0.25) is 4.79 Å². The predicted molar refractivity (Wildman–Crippen MR) is 105 cm³/mol. The van der Waals surface area contributed by atoms with Crippen LogP contribution in [0.15, 0.2) is 30.3 Å². The van der Waals surface area contributed by atoms with E-state index in [9.17, 15) is 40.5 Å². The average Bonchev–Trinajstić information content (AvgIpc) is 2.77. The number of phenols is 3. The van der Waals surface area contributed by atoms with Crippen molar-refractivity contribution in [2.24, 2.45) is 0 Å². The lowest BCUT2D eigenvalue weighted by atomic mass is 9.95. The second-order valence-electron chi connectivity index (χ2n) is 7.59. The first kappa shape index (κ1) is 22.1. The molecule has 2 heterocycles. The van der Waals surface area contributed by atoms with E-state index in [1.54, 1.807) is 0 Å². The number of aromatic hydroxyl groups is 3. The number of rotatable bonds is 4. The van der Waals surface area contributed by atoms with Crippen molar-refractivity contribution in [3.05, 3.63) is 41.5 Å². The maximum atomic E-state index is 12.6. The zero-order valence-corrected chi connectivity index (χ0v) is 16.5. The summed E-state index contributed by atoms with van der Waals surface area (Å²) >= 11 is 0. The van der Waals surface area contributed by atoms with E-state index in [0.29, 0.717) is 5.56 Å². The molecule has 3 unspecified atom stereocenters. The van der Waals surface area contributed by atoms with Crippen LogP contribution in [0, 0.1) is 0 Å². The van der Waals surface area contributed by atoms with Gasteiger partial charge in [-0.15, -0.1) is 0 Å². The first-order chi connectivity index (χ1) is 15.2. The van der Waals surface area contributed by atoms with Crippen LogP contribution in [0.5, 0.6) is 28.7 Å². The summed E-state index contributed by atoms with van der Waals surface area (Å²) in [6.07, 6.45) is -8.64. The first-order valence-electron chi connectivity index (χ1n) is 9.76. The molecule has 4 rings (SSSR count). The van der Waals surface area contributed by atoms with Gasteiger partial charge in [-0.2, -0.15) is 0 Å². The monoisotopic (exact) mass is 450 g/mol. The molecule has 7 N–H and O–H groups in total. The molecule has 0 amide bonds. The molecule has 6 atom stereocenters. The van der Waals surface area contributed by atoms with E-state index < -0.39 is 54.9 Å². The Hall–Kier alpha value is -3.09. The van der Waals surface area contributed by atoms with Crippen molar-refractivity contribution in [1.29, 1.82) is 0 Å². The van der Waals surface area contributed by atoms with Crippen LogP contribution in [-0.4, -0.2) is 78.8 Å². The molecule has 1 fully saturated rings. The summed E-state index contributed by atoms with van der Waals surface area (Å²) in [6, 6.07) is 6.55. The molecule has 11 nitrogen and oxygen atoms in total. The maximum absolute atomic E-state index is 12.6. The van der Waals surface area contributed by atoms with Crippen molar-refractivity contribution in [2.75, 3.05) is 6.61 Å². The lowest BCUT2D eigenvalue weighted by molar-refractivity contribution is -0.277. The first-order valence-corrected chi connectivity index (χ1v) is 9.76. The number of Topliss-reactive ketones (excluding diaryl/α,β-unsaturated/α-hetero) is 1. The molecule has 0 saturated carbocycles. The molecule has 0 aromatic heterocycles. The van der Waals surface area contributed by atoms with Crippen LogP contribution in [0.1, 0.15) is 28.4 Å². The summed E-state index contributed by atoms with van der Waals surface area (Å²) in [6.45, 7) is -0.653. The van der Waals surface area contributed by atoms with Gasteiger partial charge in [0.25, 0.3) is 0 Å². The molecule has 2 aromatic rings. The minimum absolute atomic E-state index is 0.0798. The van der Waals surface area contributed by atoms with E-state index in [2.05, 4.69) is 0 Å². The van der Waals surface area contributed by atoms with Gasteiger partial charge < -0.3 is 50.0 Å². The van der Waals surface area contributed by atoms with Gasteiger partial charge in [0.1, 0.15) is 30.5 Å². The van der Waals surface area contributed by atoms with Crippen LogP contribution >= 0.6 is 0 Å². The zero-order chi connectivity index (χ0) is 23.2. The SMILES string of the molecule is O=C1CC(c2ccc(O)c(O)c2)Oc2c1ccc(O[C@@H]1OC(CO)[C@@H](O)[C@@H](O)C1O)c2O. The molecule has 1 saturated heterocycles. The second kappa shape index (κ2) is 8.45. The van der Waals surface area contributed by atoms with Crippen LogP contribution in [0.2, 0.25) is 0 Å². The molecule has 0 spiro atoms. The fourth-order valence-corrected chi connectivity index (χ4v) is 3.67. The number of carbonyl (C=O) groups excluding carboxylic acids is 1. The number of hydrogen-bond acceptors (Lipinski definition) is 11. The highest BCUT2D eigenvalue weighted by atomic mass is 16.7. The van der Waals surface area contributed by atoms with E-state index in [1.165, 1.54) is 30.3 Å². The largest absolute Gasteiger partial charge is 0.504 e. The molecular formula is C21H22O11. The Labute approximate surface area is 181 Å². The zero-order valence-electron chi connectivity index (χ0n) is 16.5. The van der Waals surface area contributed by atoms with Crippen molar-refractivity contribution in [1.82, 2.24) is 0 Å². The Bertz CT molecular complexity index is 1020. The molecular weight excluding hydrogens is 428 g/mol. The third-order valence-electron chi connectivity index (χ3n) is 5.49. The fourth-order valence-electron chi connectivity index (χ4n) is 3.67. The number of aliphatic hydroxyl groups is 4. The van der Waals surface area contributed by atoms with E-state index in [1.807, 2.05) is 0 Å². The van der Waals surface area contributed by atoms with E-state index in [0.717, 1.165) is 0 Å². The quantitative estimate of drug-likeness (QED) is 0.303. The van der Waals surface area contributed by atoms with Gasteiger partial charge >= 0.3 is 0 Å². The highest BCUT2D eigenvalue weighted by Gasteiger charge is 2.45. The Morgan fingerprint density at radius 2 is 1.72 bits per heavy atom. The molecule has 0 aliphatic carbocycles. The Morgan fingerprint density at radius 3 is 2.41 bits per heavy atom. The summed E-state index contributed by atoms with van der Waals surface area (Å²) in [5.74, 6) is -2.09. The number of phenolic OH excluding ortho intramolecular Hbond substituents is 3. The van der Waals surface area contributed by atoms with Crippen LogP contribution in [0.4, 0.5) is 0 Å². The van der Waals surface area contributed by atoms with Crippen LogP contribution in [-0.2, 0) is 4.74 Å². The number of benzene rings is 2. The van der Waals surface area contributed by atoms with E-state index >= 15 is 0 Å². The lowest BCUT2D eigenvalue weighted by Gasteiger charge is -2.39. The van der Waals surface area contributed by atoms with Gasteiger partial charge in [-0.1, -0.05) is 6.07 Å². The minimum Gasteiger partial charge on any atom is -0.504 e. The molecule has 0 bridgehead atoms. The number of carbonyl (C=O) groups is 1. The van der Waals surface area contributed by atoms with Crippen molar-refractivity contribution < 1.29 is 54.8 Å². The number of hydrogen-bond donors (Lipinski definition) is 7. The topological polar surface area (TPSA) is 186 Å². The van der Waals surface area contributed by atoms with Crippen molar-refractivity contribution in [3.63, 3.8) is 0 Å². The van der Waals surface area contributed by atoms with Crippen LogP contribution < -0.4 is 9.47 Å². The molecule has 172 valence electrons. The molecule has 0 radical (unpaired) electrons. The lowest BCUT2D eigenvalue weighted by Crippen LogP contribution is -2.60. The molecule has 2 aromatic carbocycles. The Morgan fingerprint density at radius 1 is 0.969 bits per heavy atom. The van der Waals surface area contributed by atoms with Crippen molar-refractivity contribution in [3.8, 4) is 28.7 Å². The van der Waals surface area contributed by atoms with Gasteiger partial charge in [-0.05, 0) is 29.8 Å². The smallest absolute Gasteiger partial charge is 0.229 e. The van der Waals surface area contributed by atoms with Crippen molar-refractivity contribution in [2.45, 2.75) is 43.2 Å². The van der Waals surface area contributed by atoms with Gasteiger partial charge in [-0.25, -0.2) is 0 Å². The van der Waals surface area contributed by atoms with Gasteiger partial charge in [0.05, 0.1) is 18.6 Å². The summed E-state index contributed by atoms with van der Waals surface area (Å²) in [5, 5.41) is 69.1. The number of aliphatic hydroxyl groups excluding tert-OH is 4. The third kappa shape index (κ3) is 3.80. The summed E-state index contributed by atoms with van der Waals surface area (Å²) < 4.78 is 16.5. The van der Waals surface area contributed by atoms with E-state index in [4.69, 9.17) is 14.2 Å². The minimum atomic E-state index is -1.70.